The number of nitrogens with zero attached hydrogens (tertiary/aromatic N) is 1. The second-order valence-electron chi connectivity index (χ2n) is 12.8. The van der Waals surface area contributed by atoms with Crippen molar-refractivity contribution in [2.24, 2.45) is 5.92 Å². The zero-order chi connectivity index (χ0) is 31.4. The van der Waals surface area contributed by atoms with Gasteiger partial charge in [-0.05, 0) is 78.7 Å². The highest BCUT2D eigenvalue weighted by molar-refractivity contribution is 5.94. The molecule has 234 valence electrons. The summed E-state index contributed by atoms with van der Waals surface area (Å²) in [5.74, 6) is 0.360. The number of nitrogens with one attached hydrogen (secondary N) is 2. The number of hydrogen-bond acceptors (Lipinski definition) is 4. The molecule has 1 fully saturated rings. The van der Waals surface area contributed by atoms with Crippen LogP contribution in [0, 0.1) is 5.92 Å². The molecule has 1 saturated heterocycles. The van der Waals surface area contributed by atoms with Gasteiger partial charge in [0.2, 0.25) is 5.91 Å². The minimum absolute atomic E-state index is 0.0308. The van der Waals surface area contributed by atoms with E-state index >= 15 is 0 Å². The van der Waals surface area contributed by atoms with E-state index in [-0.39, 0.29) is 23.8 Å². The Balaban J connectivity index is 1.27. The van der Waals surface area contributed by atoms with Crippen molar-refractivity contribution < 1.29 is 19.1 Å². The van der Waals surface area contributed by atoms with Crippen LogP contribution in [0.2, 0.25) is 0 Å². The van der Waals surface area contributed by atoms with Gasteiger partial charge in [-0.3, -0.25) is 9.59 Å². The van der Waals surface area contributed by atoms with Crippen molar-refractivity contribution in [3.63, 3.8) is 0 Å². The normalized spacial score (nSPS) is 14.5. The number of amides is 3. The molecular formula is C37H47N3O4. The highest BCUT2D eigenvalue weighted by Gasteiger charge is 2.29. The first-order chi connectivity index (χ1) is 21.2. The van der Waals surface area contributed by atoms with E-state index in [4.69, 9.17) is 4.74 Å². The summed E-state index contributed by atoms with van der Waals surface area (Å²) in [6.45, 7) is 8.42. The summed E-state index contributed by atoms with van der Waals surface area (Å²) in [5.41, 5.74) is 4.05. The standard InChI is InChI=1S/C37H47N3O4/c1-37(2,3)32-19-17-31(18-20-32)34(41)38-23-11-10-16-33(39-36(43)44-27-30-14-8-5-9-15-30)35(42)40-24-21-29(22-25-40)26-28-12-6-4-7-13-28/h4-9,12-15,17-20,29,33H,10-11,16,21-27H2,1-3H3,(H,38,41)(H,39,43). The molecule has 3 aromatic rings. The first-order valence-electron chi connectivity index (χ1n) is 15.9. The van der Waals surface area contributed by atoms with Crippen LogP contribution in [0.4, 0.5) is 4.79 Å². The van der Waals surface area contributed by atoms with E-state index in [9.17, 15) is 14.4 Å². The fourth-order valence-corrected chi connectivity index (χ4v) is 5.59. The van der Waals surface area contributed by atoms with E-state index in [2.05, 4.69) is 55.7 Å². The zero-order valence-electron chi connectivity index (χ0n) is 26.4. The Morgan fingerprint density at radius 1 is 0.841 bits per heavy atom. The van der Waals surface area contributed by atoms with Gasteiger partial charge in [-0.2, -0.15) is 0 Å². The van der Waals surface area contributed by atoms with Gasteiger partial charge in [-0.1, -0.05) is 93.6 Å². The average molecular weight is 598 g/mol. The maximum absolute atomic E-state index is 13.6. The summed E-state index contributed by atoms with van der Waals surface area (Å²) >= 11 is 0. The van der Waals surface area contributed by atoms with E-state index in [0.29, 0.717) is 50.4 Å². The Bertz CT molecular complexity index is 1330. The highest BCUT2D eigenvalue weighted by Crippen LogP contribution is 2.23. The van der Waals surface area contributed by atoms with Crippen molar-refractivity contribution in [2.75, 3.05) is 19.6 Å². The Morgan fingerprint density at radius 3 is 2.07 bits per heavy atom. The van der Waals surface area contributed by atoms with Crippen LogP contribution in [-0.4, -0.2) is 48.5 Å². The van der Waals surface area contributed by atoms with Crippen molar-refractivity contribution in [2.45, 2.75) is 77.4 Å². The quantitative estimate of drug-likeness (QED) is 0.229. The number of carbonyl (C=O) groups is 3. The minimum Gasteiger partial charge on any atom is -0.445 e. The molecule has 0 aliphatic carbocycles. The molecule has 1 unspecified atom stereocenters. The van der Waals surface area contributed by atoms with Gasteiger partial charge in [0.25, 0.3) is 5.91 Å². The van der Waals surface area contributed by atoms with Crippen LogP contribution >= 0.6 is 0 Å². The molecule has 44 heavy (non-hydrogen) atoms. The topological polar surface area (TPSA) is 87.7 Å². The number of alkyl carbamates (subject to hydrolysis) is 1. The number of benzene rings is 3. The lowest BCUT2D eigenvalue weighted by atomic mass is 9.87. The van der Waals surface area contributed by atoms with Gasteiger partial charge in [-0.15, -0.1) is 0 Å². The maximum Gasteiger partial charge on any atom is 0.408 e. The molecule has 0 bridgehead atoms. The van der Waals surface area contributed by atoms with Crippen molar-refractivity contribution in [3.8, 4) is 0 Å². The van der Waals surface area contributed by atoms with Gasteiger partial charge < -0.3 is 20.3 Å². The van der Waals surface area contributed by atoms with Crippen LogP contribution in [0.25, 0.3) is 0 Å². The molecule has 7 nitrogen and oxygen atoms in total. The number of likely N-dealkylation sites (tertiary alicyclic amines) is 1. The fraction of sp³-hybridized carbons (Fsp3) is 0.432. The third-order valence-electron chi connectivity index (χ3n) is 8.31. The molecule has 0 saturated carbocycles. The van der Waals surface area contributed by atoms with Gasteiger partial charge in [0.05, 0.1) is 0 Å². The monoisotopic (exact) mass is 597 g/mol. The van der Waals surface area contributed by atoms with Gasteiger partial charge in [0.1, 0.15) is 12.6 Å². The fourth-order valence-electron chi connectivity index (χ4n) is 5.59. The Morgan fingerprint density at radius 2 is 1.45 bits per heavy atom. The molecule has 0 spiro atoms. The molecule has 0 radical (unpaired) electrons. The Kier molecular flexibility index (Phi) is 12.0. The summed E-state index contributed by atoms with van der Waals surface area (Å²) in [4.78, 5) is 40.9. The second-order valence-corrected chi connectivity index (χ2v) is 12.8. The lowest BCUT2D eigenvalue weighted by Gasteiger charge is -2.34. The van der Waals surface area contributed by atoms with Crippen LogP contribution < -0.4 is 10.6 Å². The highest BCUT2D eigenvalue weighted by atomic mass is 16.5. The van der Waals surface area contributed by atoms with Crippen LogP contribution in [-0.2, 0) is 28.0 Å². The average Bonchev–Trinajstić information content (AvgIpc) is 3.03. The van der Waals surface area contributed by atoms with Crippen molar-refractivity contribution in [1.82, 2.24) is 15.5 Å². The van der Waals surface area contributed by atoms with Crippen molar-refractivity contribution in [1.29, 1.82) is 0 Å². The van der Waals surface area contributed by atoms with E-state index in [0.717, 1.165) is 24.8 Å². The lowest BCUT2D eigenvalue weighted by Crippen LogP contribution is -2.51. The van der Waals surface area contributed by atoms with E-state index in [1.165, 1.54) is 11.1 Å². The third-order valence-corrected chi connectivity index (χ3v) is 8.31. The first-order valence-corrected chi connectivity index (χ1v) is 15.9. The predicted octanol–water partition coefficient (Wildman–Crippen LogP) is 6.66. The molecule has 2 N–H and O–H groups in total. The number of piperidine rings is 1. The van der Waals surface area contributed by atoms with Crippen LogP contribution in [0.15, 0.2) is 84.9 Å². The number of hydrogen-bond donors (Lipinski definition) is 2. The molecule has 3 aromatic carbocycles. The van der Waals surface area contributed by atoms with E-state index in [1.54, 1.807) is 0 Å². The first kappa shape index (κ1) is 32.8. The number of ether oxygens (including phenoxy) is 1. The summed E-state index contributed by atoms with van der Waals surface area (Å²) in [6, 6.07) is 27.0. The van der Waals surface area contributed by atoms with Gasteiger partial charge in [0, 0.05) is 25.2 Å². The zero-order valence-corrected chi connectivity index (χ0v) is 26.4. The van der Waals surface area contributed by atoms with Gasteiger partial charge >= 0.3 is 6.09 Å². The van der Waals surface area contributed by atoms with Crippen LogP contribution in [0.5, 0.6) is 0 Å². The molecule has 4 rings (SSSR count). The number of carbonyl (C=O) groups excluding carboxylic acids is 3. The van der Waals surface area contributed by atoms with Crippen LogP contribution in [0.1, 0.15) is 79.9 Å². The Labute approximate surface area is 262 Å². The second kappa shape index (κ2) is 16.1. The smallest absolute Gasteiger partial charge is 0.408 e. The molecule has 1 aliphatic rings. The van der Waals surface area contributed by atoms with Crippen molar-refractivity contribution >= 4 is 17.9 Å². The summed E-state index contributed by atoms with van der Waals surface area (Å²) in [7, 11) is 0. The van der Waals surface area contributed by atoms with Gasteiger partial charge in [0.15, 0.2) is 0 Å². The molecule has 1 heterocycles. The largest absolute Gasteiger partial charge is 0.445 e. The maximum atomic E-state index is 13.6. The predicted molar refractivity (Wildman–Crippen MR) is 174 cm³/mol. The van der Waals surface area contributed by atoms with Crippen molar-refractivity contribution in [3.05, 3.63) is 107 Å². The minimum atomic E-state index is -0.676. The Hall–Kier alpha value is -4.13. The molecular weight excluding hydrogens is 550 g/mol. The molecule has 3 amide bonds. The molecule has 1 atom stereocenters. The molecule has 1 aliphatic heterocycles. The number of rotatable bonds is 12. The van der Waals surface area contributed by atoms with Crippen LogP contribution in [0.3, 0.4) is 0 Å². The molecule has 0 aromatic heterocycles. The third kappa shape index (κ3) is 10.2. The van der Waals surface area contributed by atoms with Gasteiger partial charge in [-0.25, -0.2) is 4.79 Å². The molecule has 7 heteroatoms. The number of unbranched alkanes of at least 4 members (excludes halogenated alkanes) is 1. The summed E-state index contributed by atoms with van der Waals surface area (Å²) < 4.78 is 5.44. The summed E-state index contributed by atoms with van der Waals surface area (Å²) in [5, 5.41) is 5.82. The lowest BCUT2D eigenvalue weighted by molar-refractivity contribution is -0.135. The van der Waals surface area contributed by atoms with E-state index < -0.39 is 12.1 Å². The van der Waals surface area contributed by atoms with E-state index in [1.807, 2.05) is 65.6 Å². The SMILES string of the molecule is CC(C)(C)c1ccc(C(=O)NCCCCC(NC(=O)OCc2ccccc2)C(=O)N2CCC(Cc3ccccc3)CC2)cc1. The summed E-state index contributed by atoms with van der Waals surface area (Å²) in [6.07, 6.45) is 4.13.